The molecule has 8 heteroatoms. The average Bonchev–Trinajstić information content (AvgIpc) is 0.722. The molecule has 0 fully saturated rings. The van der Waals surface area contributed by atoms with Crippen molar-refractivity contribution >= 4 is 0 Å². The van der Waals surface area contributed by atoms with E-state index in [2.05, 4.69) is 0 Å². The maximum absolute atomic E-state index is 9.69. The van der Waals surface area contributed by atoms with Gasteiger partial charge in [-0.3, -0.25) is 0 Å². The van der Waals surface area contributed by atoms with Crippen LogP contribution in [0.2, 0.25) is 0 Å². The maximum Gasteiger partial charge on any atom is 2.00 e. The summed E-state index contributed by atoms with van der Waals surface area (Å²) in [5.41, 5.74) is 0. The summed E-state index contributed by atoms with van der Waals surface area (Å²) in [6.07, 6.45) is -5.50. The molecular weight excluding hydrogens is 182 g/mol. The molecule has 53 valence electrons. The van der Waals surface area contributed by atoms with Crippen molar-refractivity contribution in [2.75, 3.05) is 0 Å². The zero-order valence-electron chi connectivity index (χ0n) is 4.25. The molecule has 0 unspecified atom stereocenters. The molecule has 0 aliphatic carbocycles. The molecule has 0 saturated heterocycles. The van der Waals surface area contributed by atoms with Crippen molar-refractivity contribution in [2.24, 2.45) is 0 Å². The van der Waals surface area contributed by atoms with Crippen LogP contribution < -0.4 is 18.9 Å². The third-order valence-corrected chi connectivity index (χ3v) is 0. The molecule has 0 aliphatic rings. The van der Waals surface area contributed by atoms with Crippen LogP contribution in [0.1, 0.15) is 0 Å². The van der Waals surface area contributed by atoms with E-state index in [0.717, 1.165) is 0 Å². The Hall–Kier alpha value is 0.757. The van der Waals surface area contributed by atoms with Gasteiger partial charge in [-0.15, -0.1) is 17.6 Å². The minimum absolute atomic E-state index is 0. The molecule has 0 saturated carbocycles. The van der Waals surface area contributed by atoms with Crippen LogP contribution in [-0.4, -0.2) is 11.9 Å². The van der Waals surface area contributed by atoms with Crippen molar-refractivity contribution < 1.29 is 64.4 Å². The van der Waals surface area contributed by atoms with Crippen molar-refractivity contribution in [3.05, 3.63) is 0 Å². The fourth-order valence-electron chi connectivity index (χ4n) is 0. The largest absolute Gasteiger partial charge is 2.00 e. The molecule has 0 aliphatic heterocycles. The van der Waals surface area contributed by atoms with Gasteiger partial charge in [0.05, 0.1) is 0 Å². The zero-order valence-corrected chi connectivity index (χ0v) is 5.43. The Morgan fingerprint density at radius 1 is 0.889 bits per heavy atom. The van der Waals surface area contributed by atoms with Gasteiger partial charge in [0.25, 0.3) is 0 Å². The Balaban J connectivity index is -0.0000000133. The second-order valence-electron chi connectivity index (χ2n) is 0.429. The Labute approximate surface area is 71.3 Å². The van der Waals surface area contributed by atoms with Crippen LogP contribution in [0, 0.1) is 0 Å². The van der Waals surface area contributed by atoms with Crippen LogP contribution in [-0.2, 0) is 22.5 Å². The van der Waals surface area contributed by atoms with Crippen molar-refractivity contribution in [1.82, 2.24) is 0 Å². The summed E-state index contributed by atoms with van der Waals surface area (Å²) < 4.78 is 38.8. The summed E-state index contributed by atoms with van der Waals surface area (Å²) in [6, 6.07) is 0. The van der Waals surface area contributed by atoms with E-state index in [1.165, 1.54) is 0 Å². The third-order valence-electron chi connectivity index (χ3n) is 0. The molecule has 0 atom stereocenters. The van der Waals surface area contributed by atoms with Gasteiger partial charge in [0, 0.05) is 0 Å². The number of alkyl halides is 4. The average molecular weight is 183 g/mol. The normalized spacial score (nSPS) is 6.67. The first kappa shape index (κ1) is 33.1. The Bertz CT molecular complexity index is 34.0. The zero-order chi connectivity index (χ0) is 4.50. The first-order valence-electron chi connectivity index (χ1n) is 0.756. The summed E-state index contributed by atoms with van der Waals surface area (Å²) in [4.78, 5) is 0. The Morgan fingerprint density at radius 2 is 0.889 bits per heavy atom. The molecule has 0 rings (SSSR count). The second-order valence-corrected chi connectivity index (χ2v) is 0.429. The van der Waals surface area contributed by atoms with E-state index in [1.54, 1.807) is 0 Å². The second kappa shape index (κ2) is 11.5. The molecular formula is CHF4LiMnO2. The fraction of sp³-hybridized carbons (Fsp3) is 1.00. The Kier molecular flexibility index (Phi) is 42.4. The Morgan fingerprint density at radius 3 is 0.889 bits per heavy atom. The summed E-state index contributed by atoms with van der Waals surface area (Å²) >= 11 is 0. The van der Waals surface area contributed by atoms with Crippen LogP contribution in [0.4, 0.5) is 17.6 Å². The summed E-state index contributed by atoms with van der Waals surface area (Å²) in [5, 5.41) is 0. The van der Waals surface area contributed by atoms with Gasteiger partial charge < -0.3 is 11.0 Å². The van der Waals surface area contributed by atoms with E-state index in [4.69, 9.17) is 0 Å². The van der Waals surface area contributed by atoms with Gasteiger partial charge in [0.1, 0.15) is 0 Å². The van der Waals surface area contributed by atoms with Gasteiger partial charge in [0.2, 0.25) is 0 Å². The molecule has 0 heterocycles. The third kappa shape index (κ3) is 698. The molecule has 0 bridgehead atoms. The molecule has 0 amide bonds. The number of halogens is 4. The van der Waals surface area contributed by atoms with Gasteiger partial charge in [-0.1, -0.05) is 0 Å². The first-order chi connectivity index (χ1) is 2.00. The topological polar surface area (TPSA) is 58.5 Å². The van der Waals surface area contributed by atoms with E-state index in [9.17, 15) is 17.6 Å². The van der Waals surface area contributed by atoms with Crippen LogP contribution >= 0.6 is 0 Å². The molecule has 2 nitrogen and oxygen atoms in total. The number of hydrogen-bond acceptors (Lipinski definition) is 1. The molecule has 0 aromatic heterocycles. The predicted molar refractivity (Wildman–Crippen MR) is 9.79 cm³/mol. The maximum atomic E-state index is 9.69. The summed E-state index contributed by atoms with van der Waals surface area (Å²) in [6.45, 7) is 0. The van der Waals surface area contributed by atoms with Crippen molar-refractivity contribution in [2.45, 2.75) is 6.43 Å². The van der Waals surface area contributed by atoms with E-state index < -0.39 is 6.43 Å². The minimum Gasteiger partial charge on any atom is -2.00 e. The minimum atomic E-state index is -5.50. The molecule has 0 spiro atoms. The van der Waals surface area contributed by atoms with Gasteiger partial charge in [-0.2, -0.15) is 0 Å². The number of rotatable bonds is 0. The monoisotopic (exact) mass is 183 g/mol. The summed E-state index contributed by atoms with van der Waals surface area (Å²) in [5.74, 6) is 0. The number of hydrogen-bond donors (Lipinski definition) is 0. The standard InChI is InChI=1S/CF4.Li.Mn.H2O.O/c2-1(3,4)5;;;;/h;;;1H2;/q;+1;+2;;-2/p-1. The van der Waals surface area contributed by atoms with Crippen LogP contribution in [0.5, 0.6) is 0 Å². The van der Waals surface area contributed by atoms with E-state index in [-0.39, 0.29) is 46.9 Å². The fourth-order valence-corrected chi connectivity index (χ4v) is 0. The van der Waals surface area contributed by atoms with Gasteiger partial charge in [0.15, 0.2) is 0 Å². The molecule has 1 N–H and O–H groups in total. The van der Waals surface area contributed by atoms with Crippen molar-refractivity contribution in [3.63, 3.8) is 0 Å². The van der Waals surface area contributed by atoms with Crippen LogP contribution in [0.15, 0.2) is 0 Å². The molecule has 0 aromatic carbocycles. The molecule has 9 heavy (non-hydrogen) atoms. The van der Waals surface area contributed by atoms with E-state index >= 15 is 0 Å². The SMILES string of the molecule is FC(F)(F)F.[Li+].[Mn+2].[O-2].[OH-]. The molecule has 0 aromatic rings. The van der Waals surface area contributed by atoms with E-state index in [1.807, 2.05) is 0 Å². The van der Waals surface area contributed by atoms with E-state index in [0.29, 0.717) is 0 Å². The first-order valence-corrected chi connectivity index (χ1v) is 0.756. The molecule has 1 radical (unpaired) electrons. The van der Waals surface area contributed by atoms with Crippen molar-refractivity contribution in [3.8, 4) is 0 Å². The van der Waals surface area contributed by atoms with Gasteiger partial charge in [-0.25, -0.2) is 0 Å². The van der Waals surface area contributed by atoms with Gasteiger partial charge in [-0.05, 0) is 0 Å². The van der Waals surface area contributed by atoms with Crippen LogP contribution in [0.3, 0.4) is 0 Å². The summed E-state index contributed by atoms with van der Waals surface area (Å²) in [7, 11) is 0. The van der Waals surface area contributed by atoms with Crippen LogP contribution in [0.25, 0.3) is 0 Å². The quantitative estimate of drug-likeness (QED) is 0.322. The van der Waals surface area contributed by atoms with Gasteiger partial charge >= 0.3 is 42.4 Å². The predicted octanol–water partition coefficient (Wildman–Crippen LogP) is -1.82. The smallest absolute Gasteiger partial charge is 2.00 e. The van der Waals surface area contributed by atoms with Crippen molar-refractivity contribution in [1.29, 1.82) is 0 Å².